The number of hydrogen-bond acceptors (Lipinski definition) is 9. The second-order valence-corrected chi connectivity index (χ2v) is 17.3. The van der Waals surface area contributed by atoms with Gasteiger partial charge in [0.05, 0.1) is 12.5 Å². The smallest absolute Gasteiger partial charge is 0.408 e. The Hall–Kier alpha value is -7.94. The van der Waals surface area contributed by atoms with Crippen molar-refractivity contribution in [1.29, 1.82) is 0 Å². The molecule has 6 aromatic rings. The summed E-state index contributed by atoms with van der Waals surface area (Å²) in [5.74, 6) is -2.89. The molecule has 0 radical (unpaired) electrons. The van der Waals surface area contributed by atoms with Crippen LogP contribution in [0.25, 0.3) is 10.9 Å². The molecule has 5 aromatic carbocycles. The maximum absolute atomic E-state index is 14.7. The van der Waals surface area contributed by atoms with Crippen molar-refractivity contribution < 1.29 is 43.0 Å². The van der Waals surface area contributed by atoms with Crippen LogP contribution in [0.4, 0.5) is 9.59 Å². The average Bonchev–Trinajstić information content (AvgIpc) is 3.74. The quantitative estimate of drug-likeness (QED) is 0.0339. The molecule has 0 aliphatic carbocycles. The topological polar surface area (TPSA) is 206 Å². The molecule has 5 amide bonds. The first kappa shape index (κ1) is 49.5. The molecular formula is C53H58N6O9. The molecule has 0 unspecified atom stereocenters. The first-order valence-electron chi connectivity index (χ1n) is 22.5. The number of aromatic nitrogens is 1. The van der Waals surface area contributed by atoms with Crippen molar-refractivity contribution in [3.05, 3.63) is 180 Å². The van der Waals surface area contributed by atoms with Gasteiger partial charge in [-0.15, -0.1) is 0 Å². The Morgan fingerprint density at radius 1 is 0.529 bits per heavy atom. The lowest BCUT2D eigenvalue weighted by Gasteiger charge is -2.26. The standard InChI is InChI=1S/C53H58N6O9/c1-53(2,3)68-52(65)59-46(50(63)66-34-38-22-12-6-13-23-38)31-47(60)57-45(30-40-32-54-43-27-17-16-26-42(40)43)49(62)58-44(29-37-20-10-5-11-21-37)48(61)56-41(28-36-18-8-4-9-19-36)33-55-51(64)67-35-39-24-14-7-15-25-39/h4-27,32,41,44-46,54H,28-31,33-35H2,1-3H3,(H,55,64)(H,56,61)(H,57,60)(H,58,62)(H,59,65)/t41-,44+,45+,46+/m1/s1. The fourth-order valence-corrected chi connectivity index (χ4v) is 7.33. The van der Waals surface area contributed by atoms with Crippen molar-refractivity contribution in [2.24, 2.45) is 0 Å². The molecule has 0 aliphatic rings. The van der Waals surface area contributed by atoms with E-state index in [0.29, 0.717) is 17.5 Å². The van der Waals surface area contributed by atoms with Crippen molar-refractivity contribution in [1.82, 2.24) is 31.6 Å². The minimum Gasteiger partial charge on any atom is -0.459 e. The Labute approximate surface area is 395 Å². The van der Waals surface area contributed by atoms with Crippen molar-refractivity contribution >= 4 is 46.8 Å². The van der Waals surface area contributed by atoms with Gasteiger partial charge in [-0.2, -0.15) is 0 Å². The largest absolute Gasteiger partial charge is 0.459 e. The van der Waals surface area contributed by atoms with E-state index in [-0.39, 0.29) is 32.6 Å². The van der Waals surface area contributed by atoms with E-state index in [1.165, 1.54) is 0 Å². The highest BCUT2D eigenvalue weighted by Crippen LogP contribution is 2.20. The van der Waals surface area contributed by atoms with Gasteiger partial charge in [-0.1, -0.05) is 140 Å². The number of nitrogens with one attached hydrogen (secondary N) is 6. The first-order chi connectivity index (χ1) is 32.8. The minimum absolute atomic E-state index is 0.00574. The van der Waals surface area contributed by atoms with Crippen LogP contribution in [-0.4, -0.2) is 77.2 Å². The molecule has 354 valence electrons. The highest BCUT2D eigenvalue weighted by Gasteiger charge is 2.33. The van der Waals surface area contributed by atoms with Crippen LogP contribution in [0.1, 0.15) is 55.0 Å². The van der Waals surface area contributed by atoms with Gasteiger partial charge in [0.25, 0.3) is 0 Å². The van der Waals surface area contributed by atoms with E-state index in [1.807, 2.05) is 121 Å². The molecule has 68 heavy (non-hydrogen) atoms. The van der Waals surface area contributed by atoms with E-state index >= 15 is 0 Å². The van der Waals surface area contributed by atoms with Gasteiger partial charge in [-0.3, -0.25) is 14.4 Å². The van der Waals surface area contributed by atoms with Gasteiger partial charge in [0, 0.05) is 36.5 Å². The Kier molecular flexibility index (Phi) is 17.9. The number of alkyl carbamates (subject to hydrolysis) is 2. The van der Waals surface area contributed by atoms with Crippen LogP contribution < -0.4 is 26.6 Å². The van der Waals surface area contributed by atoms with Gasteiger partial charge < -0.3 is 45.8 Å². The average molecular weight is 923 g/mol. The molecule has 15 nitrogen and oxygen atoms in total. The lowest BCUT2D eigenvalue weighted by atomic mass is 10.0. The molecule has 15 heteroatoms. The number of amides is 5. The number of aromatic amines is 1. The van der Waals surface area contributed by atoms with Crippen molar-refractivity contribution in [2.45, 2.75) is 89.4 Å². The molecule has 0 saturated carbocycles. The van der Waals surface area contributed by atoms with Gasteiger partial charge in [0.1, 0.15) is 36.9 Å². The Balaban J connectivity index is 1.23. The van der Waals surface area contributed by atoms with Crippen LogP contribution >= 0.6 is 0 Å². The monoisotopic (exact) mass is 922 g/mol. The highest BCUT2D eigenvalue weighted by atomic mass is 16.6. The maximum atomic E-state index is 14.7. The summed E-state index contributed by atoms with van der Waals surface area (Å²) in [4.78, 5) is 85.8. The molecule has 0 bridgehead atoms. The lowest BCUT2D eigenvalue weighted by molar-refractivity contribution is -0.149. The molecule has 0 saturated heterocycles. The Bertz CT molecular complexity index is 2580. The van der Waals surface area contributed by atoms with E-state index in [4.69, 9.17) is 14.2 Å². The molecule has 1 aromatic heterocycles. The number of H-pyrrole nitrogens is 1. The van der Waals surface area contributed by atoms with Gasteiger partial charge in [0.15, 0.2) is 0 Å². The fourth-order valence-electron chi connectivity index (χ4n) is 7.33. The number of carbonyl (C=O) groups excluding carboxylic acids is 6. The number of hydrogen-bond donors (Lipinski definition) is 6. The molecule has 1 heterocycles. The number of fused-ring (bicyclic) bond motifs is 1. The summed E-state index contributed by atoms with van der Waals surface area (Å²) in [5, 5.41) is 14.8. The first-order valence-corrected chi connectivity index (χ1v) is 22.5. The van der Waals surface area contributed by atoms with Gasteiger partial charge >= 0.3 is 18.2 Å². The van der Waals surface area contributed by atoms with Gasteiger partial charge in [-0.25, -0.2) is 14.4 Å². The normalized spacial score (nSPS) is 12.9. The minimum atomic E-state index is -1.49. The summed E-state index contributed by atoms with van der Waals surface area (Å²) in [5.41, 5.74) is 3.73. The third-order valence-electron chi connectivity index (χ3n) is 10.6. The molecule has 0 aliphatic heterocycles. The van der Waals surface area contributed by atoms with Crippen LogP contribution in [0.15, 0.2) is 152 Å². The van der Waals surface area contributed by atoms with E-state index in [0.717, 1.165) is 27.6 Å². The summed E-state index contributed by atoms with van der Waals surface area (Å²) >= 11 is 0. The summed E-state index contributed by atoms with van der Waals surface area (Å²) in [6.07, 6.45) is -0.0884. The predicted octanol–water partition coefficient (Wildman–Crippen LogP) is 6.60. The van der Waals surface area contributed by atoms with Crippen LogP contribution in [0, 0.1) is 0 Å². The number of ether oxygens (including phenoxy) is 3. The Morgan fingerprint density at radius 2 is 1.04 bits per heavy atom. The lowest BCUT2D eigenvalue weighted by Crippen LogP contribution is -2.57. The third-order valence-corrected chi connectivity index (χ3v) is 10.6. The van der Waals surface area contributed by atoms with Crippen molar-refractivity contribution in [3.63, 3.8) is 0 Å². The second-order valence-electron chi connectivity index (χ2n) is 17.3. The number of benzene rings is 5. The van der Waals surface area contributed by atoms with Crippen LogP contribution in [0.2, 0.25) is 0 Å². The van der Waals surface area contributed by atoms with Crippen molar-refractivity contribution in [3.8, 4) is 0 Å². The van der Waals surface area contributed by atoms with Crippen LogP contribution in [0.5, 0.6) is 0 Å². The number of carbonyl (C=O) groups is 6. The summed E-state index contributed by atoms with van der Waals surface area (Å²) in [6, 6.07) is 39.6. The van der Waals surface area contributed by atoms with E-state index < -0.39 is 72.1 Å². The molecule has 0 fully saturated rings. The zero-order valence-electron chi connectivity index (χ0n) is 38.4. The highest BCUT2D eigenvalue weighted by molar-refractivity contribution is 5.95. The number of esters is 1. The van der Waals surface area contributed by atoms with Gasteiger partial charge in [-0.05, 0) is 61.1 Å². The second kappa shape index (κ2) is 24.5. The van der Waals surface area contributed by atoms with E-state index in [1.54, 1.807) is 51.2 Å². The zero-order valence-corrected chi connectivity index (χ0v) is 38.4. The number of para-hydroxylation sites is 1. The summed E-state index contributed by atoms with van der Waals surface area (Å²) in [6.45, 7) is 4.92. The van der Waals surface area contributed by atoms with E-state index in [9.17, 15) is 28.8 Å². The Morgan fingerprint density at radius 3 is 1.65 bits per heavy atom. The molecule has 6 rings (SSSR count). The van der Waals surface area contributed by atoms with Crippen LogP contribution in [0.3, 0.4) is 0 Å². The molecular weight excluding hydrogens is 865 g/mol. The van der Waals surface area contributed by atoms with Crippen LogP contribution in [-0.2, 0) is 65.9 Å². The molecule has 4 atom stereocenters. The SMILES string of the molecule is CC(C)(C)OC(=O)N[C@@H](CC(=O)N[C@@H](Cc1c[nH]c2ccccc12)C(=O)N[C@@H](Cc1ccccc1)C(=O)N[C@@H](CNC(=O)OCc1ccccc1)Cc1ccccc1)C(=O)OCc1ccccc1. The van der Waals surface area contributed by atoms with Gasteiger partial charge in [0.2, 0.25) is 17.7 Å². The number of rotatable bonds is 21. The predicted molar refractivity (Wildman–Crippen MR) is 257 cm³/mol. The fraction of sp³-hybridized carbons (Fsp3) is 0.283. The summed E-state index contributed by atoms with van der Waals surface area (Å²) < 4.78 is 16.4. The van der Waals surface area contributed by atoms with E-state index in [2.05, 4.69) is 31.6 Å². The summed E-state index contributed by atoms with van der Waals surface area (Å²) in [7, 11) is 0. The maximum Gasteiger partial charge on any atom is 0.408 e. The zero-order chi connectivity index (χ0) is 48.3. The third kappa shape index (κ3) is 16.2. The molecule has 6 N–H and O–H groups in total. The van der Waals surface area contributed by atoms with Crippen molar-refractivity contribution in [2.75, 3.05) is 6.54 Å². The molecule has 0 spiro atoms.